The number of fused-ring (bicyclic) bond motifs is 2. The number of aromatic nitrogens is 1. The minimum Gasteiger partial charge on any atom is -0.468 e. The summed E-state index contributed by atoms with van der Waals surface area (Å²) in [5.74, 6) is 0.540. The SMILES string of the molecule is CN=C(NCc1cccnc1OCC(F)(F)F)NC1CC2CCC1O2. The van der Waals surface area contributed by atoms with Crippen molar-refractivity contribution in [2.75, 3.05) is 13.7 Å². The molecule has 2 bridgehead atoms. The van der Waals surface area contributed by atoms with Crippen molar-refractivity contribution in [3.05, 3.63) is 23.9 Å². The Bertz CT molecular complexity index is 624. The standard InChI is InChI=1S/C16H21F3N4O2/c1-20-15(23-12-7-11-4-5-13(12)25-11)22-8-10-3-2-6-21-14(10)24-9-16(17,18)19/h2-3,6,11-13H,4-5,7-9H2,1H3,(H2,20,22,23). The Kier molecular flexibility index (Phi) is 5.31. The lowest BCUT2D eigenvalue weighted by Crippen LogP contribution is -2.47. The van der Waals surface area contributed by atoms with E-state index in [9.17, 15) is 13.2 Å². The van der Waals surface area contributed by atoms with Crippen molar-refractivity contribution in [1.29, 1.82) is 0 Å². The van der Waals surface area contributed by atoms with E-state index in [-0.39, 0.29) is 24.6 Å². The van der Waals surface area contributed by atoms with Crippen molar-refractivity contribution in [2.45, 2.75) is 50.2 Å². The van der Waals surface area contributed by atoms with Gasteiger partial charge in [-0.05, 0) is 25.3 Å². The summed E-state index contributed by atoms with van der Waals surface area (Å²) in [6.07, 6.45) is 0.602. The zero-order valence-corrected chi connectivity index (χ0v) is 13.8. The summed E-state index contributed by atoms with van der Waals surface area (Å²) in [6, 6.07) is 3.52. The molecule has 2 aliphatic heterocycles. The molecule has 0 radical (unpaired) electrons. The molecule has 0 aromatic carbocycles. The summed E-state index contributed by atoms with van der Waals surface area (Å²) >= 11 is 0. The first-order valence-electron chi connectivity index (χ1n) is 8.20. The molecule has 0 saturated carbocycles. The molecule has 1 aromatic heterocycles. The number of halogens is 3. The van der Waals surface area contributed by atoms with Gasteiger partial charge in [-0.2, -0.15) is 13.2 Å². The van der Waals surface area contributed by atoms with E-state index in [1.807, 2.05) is 0 Å². The van der Waals surface area contributed by atoms with Gasteiger partial charge in [-0.3, -0.25) is 4.99 Å². The fraction of sp³-hybridized carbons (Fsp3) is 0.625. The topological polar surface area (TPSA) is 67.8 Å². The third kappa shape index (κ3) is 4.75. The summed E-state index contributed by atoms with van der Waals surface area (Å²) in [6.45, 7) is -1.12. The molecular weight excluding hydrogens is 337 g/mol. The average Bonchev–Trinajstić information content (AvgIpc) is 3.19. The molecule has 3 atom stereocenters. The fourth-order valence-electron chi connectivity index (χ4n) is 3.18. The number of hydrogen-bond donors (Lipinski definition) is 2. The second kappa shape index (κ2) is 7.47. The molecule has 9 heteroatoms. The Labute approximate surface area is 143 Å². The highest BCUT2D eigenvalue weighted by Gasteiger charge is 2.41. The molecule has 0 spiro atoms. The lowest BCUT2D eigenvalue weighted by Gasteiger charge is -2.22. The Morgan fingerprint density at radius 2 is 2.28 bits per heavy atom. The third-order valence-corrected chi connectivity index (χ3v) is 4.32. The maximum Gasteiger partial charge on any atom is 0.422 e. The van der Waals surface area contributed by atoms with Crippen LogP contribution < -0.4 is 15.4 Å². The van der Waals surface area contributed by atoms with Crippen LogP contribution in [0, 0.1) is 0 Å². The van der Waals surface area contributed by atoms with Crippen LogP contribution in [-0.4, -0.2) is 49.0 Å². The van der Waals surface area contributed by atoms with Gasteiger partial charge in [0, 0.05) is 25.4 Å². The van der Waals surface area contributed by atoms with Gasteiger partial charge in [0.25, 0.3) is 0 Å². The van der Waals surface area contributed by atoms with Gasteiger partial charge in [-0.25, -0.2) is 4.98 Å². The summed E-state index contributed by atoms with van der Waals surface area (Å²) < 4.78 is 47.6. The zero-order valence-electron chi connectivity index (χ0n) is 13.8. The maximum atomic E-state index is 12.3. The Morgan fingerprint density at radius 3 is 2.92 bits per heavy atom. The quantitative estimate of drug-likeness (QED) is 0.623. The predicted octanol–water partition coefficient (Wildman–Crippen LogP) is 2.01. The van der Waals surface area contributed by atoms with E-state index >= 15 is 0 Å². The number of hydrogen-bond acceptors (Lipinski definition) is 4. The molecular formula is C16H21F3N4O2. The Hall–Kier alpha value is -2.03. The number of alkyl halides is 3. The molecule has 2 saturated heterocycles. The molecule has 0 amide bonds. The number of guanidine groups is 1. The van der Waals surface area contributed by atoms with Gasteiger partial charge in [0.1, 0.15) is 0 Å². The van der Waals surface area contributed by atoms with Crippen LogP contribution in [0.1, 0.15) is 24.8 Å². The van der Waals surface area contributed by atoms with E-state index in [2.05, 4.69) is 20.6 Å². The zero-order chi connectivity index (χ0) is 17.9. The molecule has 138 valence electrons. The number of nitrogens with one attached hydrogen (secondary N) is 2. The van der Waals surface area contributed by atoms with Crippen LogP contribution in [0.5, 0.6) is 5.88 Å². The highest BCUT2D eigenvalue weighted by molar-refractivity contribution is 5.80. The highest BCUT2D eigenvalue weighted by atomic mass is 19.4. The number of pyridine rings is 1. The summed E-state index contributed by atoms with van der Waals surface area (Å²) in [7, 11) is 1.65. The van der Waals surface area contributed by atoms with E-state index in [1.165, 1.54) is 6.20 Å². The van der Waals surface area contributed by atoms with Crippen LogP contribution in [-0.2, 0) is 11.3 Å². The summed E-state index contributed by atoms with van der Waals surface area (Å²) in [4.78, 5) is 8.04. The van der Waals surface area contributed by atoms with Crippen molar-refractivity contribution >= 4 is 5.96 Å². The van der Waals surface area contributed by atoms with E-state index < -0.39 is 12.8 Å². The van der Waals surface area contributed by atoms with Gasteiger partial charge in [-0.15, -0.1) is 0 Å². The fourth-order valence-corrected chi connectivity index (χ4v) is 3.18. The van der Waals surface area contributed by atoms with Crippen LogP contribution in [0.4, 0.5) is 13.2 Å². The molecule has 1 aromatic rings. The van der Waals surface area contributed by atoms with E-state index in [4.69, 9.17) is 9.47 Å². The number of ether oxygens (including phenoxy) is 2. The van der Waals surface area contributed by atoms with Crippen molar-refractivity contribution in [2.24, 2.45) is 4.99 Å². The lowest BCUT2D eigenvalue weighted by atomic mass is 9.96. The number of nitrogens with zero attached hydrogens (tertiary/aromatic N) is 2. The minimum absolute atomic E-state index is 0.0361. The maximum absolute atomic E-state index is 12.3. The molecule has 25 heavy (non-hydrogen) atoms. The van der Waals surface area contributed by atoms with Crippen molar-refractivity contribution < 1.29 is 22.6 Å². The van der Waals surface area contributed by atoms with E-state index in [1.54, 1.807) is 19.2 Å². The molecule has 0 aliphatic carbocycles. The van der Waals surface area contributed by atoms with Gasteiger partial charge in [-0.1, -0.05) is 6.07 Å². The lowest BCUT2D eigenvalue weighted by molar-refractivity contribution is -0.154. The van der Waals surface area contributed by atoms with Crippen molar-refractivity contribution in [3.63, 3.8) is 0 Å². The van der Waals surface area contributed by atoms with Crippen molar-refractivity contribution in [3.8, 4) is 5.88 Å². The molecule has 3 heterocycles. The molecule has 3 unspecified atom stereocenters. The first kappa shape index (κ1) is 17.8. The predicted molar refractivity (Wildman–Crippen MR) is 85.4 cm³/mol. The van der Waals surface area contributed by atoms with Crippen LogP contribution in [0.25, 0.3) is 0 Å². The molecule has 6 nitrogen and oxygen atoms in total. The molecule has 2 aliphatic rings. The smallest absolute Gasteiger partial charge is 0.422 e. The monoisotopic (exact) mass is 358 g/mol. The summed E-state index contributed by atoms with van der Waals surface area (Å²) in [5, 5.41) is 6.41. The van der Waals surface area contributed by atoms with Crippen molar-refractivity contribution in [1.82, 2.24) is 15.6 Å². The van der Waals surface area contributed by atoms with E-state index in [0.717, 1.165) is 19.3 Å². The highest BCUT2D eigenvalue weighted by Crippen LogP contribution is 2.34. The number of rotatable bonds is 5. The second-order valence-corrected chi connectivity index (χ2v) is 6.16. The summed E-state index contributed by atoms with van der Waals surface area (Å²) in [5.41, 5.74) is 0.527. The first-order valence-corrected chi connectivity index (χ1v) is 8.20. The Morgan fingerprint density at radius 1 is 1.44 bits per heavy atom. The van der Waals surface area contributed by atoms with Gasteiger partial charge < -0.3 is 20.1 Å². The van der Waals surface area contributed by atoms with Gasteiger partial charge in [0.2, 0.25) is 5.88 Å². The Balaban J connectivity index is 1.55. The normalized spacial score (nSPS) is 25.9. The number of aliphatic imine (C=N–C) groups is 1. The first-order chi connectivity index (χ1) is 11.9. The van der Waals surface area contributed by atoms with Crippen LogP contribution in [0.3, 0.4) is 0 Å². The van der Waals surface area contributed by atoms with Gasteiger partial charge >= 0.3 is 6.18 Å². The minimum atomic E-state index is -4.40. The van der Waals surface area contributed by atoms with Crippen LogP contribution in [0.15, 0.2) is 23.3 Å². The van der Waals surface area contributed by atoms with E-state index in [0.29, 0.717) is 17.6 Å². The second-order valence-electron chi connectivity index (χ2n) is 6.16. The van der Waals surface area contributed by atoms with Crippen LogP contribution in [0.2, 0.25) is 0 Å². The molecule has 2 N–H and O–H groups in total. The third-order valence-electron chi connectivity index (χ3n) is 4.32. The van der Waals surface area contributed by atoms with Crippen LogP contribution >= 0.6 is 0 Å². The van der Waals surface area contributed by atoms with Gasteiger partial charge in [0.15, 0.2) is 12.6 Å². The largest absolute Gasteiger partial charge is 0.468 e. The molecule has 3 rings (SSSR count). The van der Waals surface area contributed by atoms with Gasteiger partial charge in [0.05, 0.1) is 18.2 Å². The average molecular weight is 358 g/mol. The molecule has 2 fully saturated rings.